The smallest absolute Gasteiger partial charge is 0.339 e. The van der Waals surface area contributed by atoms with Crippen molar-refractivity contribution >= 4 is 22.6 Å². The molecule has 0 saturated heterocycles. The van der Waals surface area contributed by atoms with Crippen LogP contribution < -0.4 is 15.7 Å². The molecule has 0 aliphatic heterocycles. The van der Waals surface area contributed by atoms with Gasteiger partial charge in [0.05, 0.1) is 7.11 Å². The van der Waals surface area contributed by atoms with Gasteiger partial charge in [-0.1, -0.05) is 26.0 Å². The maximum absolute atomic E-state index is 12.4. The van der Waals surface area contributed by atoms with Gasteiger partial charge in [0, 0.05) is 29.1 Å². The molecule has 1 N–H and O–H groups in total. The molecule has 1 heterocycles. The zero-order valence-electron chi connectivity index (χ0n) is 16.7. The highest BCUT2D eigenvalue weighted by molar-refractivity contribution is 5.91. The molecule has 0 bridgehead atoms. The summed E-state index contributed by atoms with van der Waals surface area (Å²) in [4.78, 5) is 24.8. The summed E-state index contributed by atoms with van der Waals surface area (Å²) in [6, 6.07) is 13.2. The highest BCUT2D eigenvalue weighted by Gasteiger charge is 2.14. The van der Waals surface area contributed by atoms with Gasteiger partial charge < -0.3 is 14.5 Å². The van der Waals surface area contributed by atoms with Crippen molar-refractivity contribution < 1.29 is 13.9 Å². The number of fused-ring (bicyclic) bond motifs is 1. The highest BCUT2D eigenvalue weighted by Crippen LogP contribution is 2.24. The fourth-order valence-electron chi connectivity index (χ4n) is 3.23. The largest absolute Gasteiger partial charge is 0.497 e. The monoisotopic (exact) mass is 379 g/mol. The first-order chi connectivity index (χ1) is 13.4. The lowest BCUT2D eigenvalue weighted by atomic mass is 10.0. The summed E-state index contributed by atoms with van der Waals surface area (Å²) in [7, 11) is 1.57. The van der Waals surface area contributed by atoms with Crippen LogP contribution in [-0.4, -0.2) is 13.0 Å². The van der Waals surface area contributed by atoms with E-state index in [1.165, 1.54) is 5.56 Å². The molecule has 28 heavy (non-hydrogen) atoms. The zero-order chi connectivity index (χ0) is 20.3. The maximum Gasteiger partial charge on any atom is 0.339 e. The predicted octanol–water partition coefficient (Wildman–Crippen LogP) is 4.80. The van der Waals surface area contributed by atoms with Crippen molar-refractivity contribution in [2.75, 3.05) is 12.4 Å². The quantitative estimate of drug-likeness (QED) is 0.624. The number of methoxy groups -OCH3 is 1. The van der Waals surface area contributed by atoms with E-state index in [1.807, 2.05) is 43.3 Å². The third-order valence-electron chi connectivity index (χ3n) is 4.93. The molecule has 3 aromatic rings. The van der Waals surface area contributed by atoms with E-state index in [4.69, 9.17) is 9.15 Å². The normalized spacial score (nSPS) is 11.0. The molecule has 0 spiro atoms. The van der Waals surface area contributed by atoms with Crippen LogP contribution in [0.4, 0.5) is 5.69 Å². The summed E-state index contributed by atoms with van der Waals surface area (Å²) >= 11 is 0. The Morgan fingerprint density at radius 2 is 1.96 bits per heavy atom. The van der Waals surface area contributed by atoms with Crippen molar-refractivity contribution in [3.63, 3.8) is 0 Å². The Morgan fingerprint density at radius 3 is 2.68 bits per heavy atom. The van der Waals surface area contributed by atoms with Gasteiger partial charge in [-0.2, -0.15) is 0 Å². The Bertz CT molecular complexity index is 1070. The molecule has 2 aromatic carbocycles. The molecule has 146 valence electrons. The number of ether oxygens (including phenoxy) is 1. The molecule has 0 aliphatic rings. The van der Waals surface area contributed by atoms with Gasteiger partial charge in [0.1, 0.15) is 11.3 Å². The van der Waals surface area contributed by atoms with E-state index in [2.05, 4.69) is 19.2 Å². The third kappa shape index (κ3) is 4.25. The Balaban J connectivity index is 1.75. The second-order valence-corrected chi connectivity index (χ2v) is 7.18. The standard InChI is InChI=1S/C23H25NO4/c1-14(2)16-6-5-7-17(12-16)24-22(25)11-10-20-15(3)19-9-8-18(27-4)13-21(19)28-23(20)26/h5-9,12-14H,10-11H2,1-4H3,(H,24,25). The minimum Gasteiger partial charge on any atom is -0.497 e. The van der Waals surface area contributed by atoms with Crippen molar-refractivity contribution in [2.45, 2.75) is 39.5 Å². The van der Waals surface area contributed by atoms with Gasteiger partial charge in [-0.15, -0.1) is 0 Å². The van der Waals surface area contributed by atoms with E-state index in [-0.39, 0.29) is 12.3 Å². The number of carbonyl (C=O) groups excluding carboxylic acids is 1. The van der Waals surface area contributed by atoms with E-state index in [1.54, 1.807) is 13.2 Å². The Labute approximate surface area is 164 Å². The molecule has 0 unspecified atom stereocenters. The first-order valence-corrected chi connectivity index (χ1v) is 9.39. The van der Waals surface area contributed by atoms with Crippen LogP contribution in [0.1, 0.15) is 42.9 Å². The first kappa shape index (κ1) is 19.7. The van der Waals surface area contributed by atoms with Crippen LogP contribution in [0.15, 0.2) is 51.7 Å². The second-order valence-electron chi connectivity index (χ2n) is 7.18. The summed E-state index contributed by atoms with van der Waals surface area (Å²) < 4.78 is 10.6. The number of hydrogen-bond donors (Lipinski definition) is 1. The van der Waals surface area contributed by atoms with Gasteiger partial charge in [-0.25, -0.2) is 4.79 Å². The summed E-state index contributed by atoms with van der Waals surface area (Å²) in [6.45, 7) is 6.10. The number of amides is 1. The van der Waals surface area contributed by atoms with E-state index >= 15 is 0 Å². The van der Waals surface area contributed by atoms with E-state index < -0.39 is 5.63 Å². The molecule has 5 heteroatoms. The maximum atomic E-state index is 12.4. The molecule has 0 saturated carbocycles. The van der Waals surface area contributed by atoms with Crippen LogP contribution in [0.25, 0.3) is 11.0 Å². The number of anilines is 1. The Kier molecular flexibility index (Phi) is 5.83. The Hall–Kier alpha value is -3.08. The predicted molar refractivity (Wildman–Crippen MR) is 111 cm³/mol. The number of aryl methyl sites for hydroxylation is 1. The summed E-state index contributed by atoms with van der Waals surface area (Å²) in [5, 5.41) is 3.76. The van der Waals surface area contributed by atoms with Gasteiger partial charge >= 0.3 is 5.63 Å². The fraction of sp³-hybridized carbons (Fsp3) is 0.304. The van der Waals surface area contributed by atoms with Gasteiger partial charge in [-0.3, -0.25) is 4.79 Å². The molecule has 1 aromatic heterocycles. The second kappa shape index (κ2) is 8.30. The average Bonchev–Trinajstić information content (AvgIpc) is 2.67. The number of carbonyl (C=O) groups is 1. The van der Waals surface area contributed by atoms with Crippen molar-refractivity contribution in [1.29, 1.82) is 0 Å². The molecule has 0 aliphatic carbocycles. The van der Waals surface area contributed by atoms with Crippen LogP contribution in [0.5, 0.6) is 5.75 Å². The van der Waals surface area contributed by atoms with Gasteiger partial charge in [0.2, 0.25) is 5.91 Å². The summed E-state index contributed by atoms with van der Waals surface area (Å²) in [6.07, 6.45) is 0.533. The third-order valence-corrected chi connectivity index (χ3v) is 4.93. The number of benzene rings is 2. The van der Waals surface area contributed by atoms with Crippen LogP contribution in [-0.2, 0) is 11.2 Å². The number of nitrogens with one attached hydrogen (secondary N) is 1. The van der Waals surface area contributed by atoms with E-state index in [9.17, 15) is 9.59 Å². The van der Waals surface area contributed by atoms with Gasteiger partial charge in [0.15, 0.2) is 0 Å². The lowest BCUT2D eigenvalue weighted by molar-refractivity contribution is -0.116. The van der Waals surface area contributed by atoms with E-state index in [0.29, 0.717) is 29.2 Å². The topological polar surface area (TPSA) is 68.5 Å². The lowest BCUT2D eigenvalue weighted by Crippen LogP contribution is -2.16. The van der Waals surface area contributed by atoms with E-state index in [0.717, 1.165) is 16.6 Å². The average molecular weight is 379 g/mol. The fourth-order valence-corrected chi connectivity index (χ4v) is 3.23. The Morgan fingerprint density at radius 1 is 1.18 bits per heavy atom. The van der Waals surface area contributed by atoms with Crippen LogP contribution in [0.2, 0.25) is 0 Å². The molecule has 0 atom stereocenters. The lowest BCUT2D eigenvalue weighted by Gasteiger charge is -2.11. The molecule has 1 amide bonds. The minimum atomic E-state index is -0.409. The van der Waals surface area contributed by atoms with Crippen molar-refractivity contribution in [3.8, 4) is 5.75 Å². The molecular formula is C23H25NO4. The molecular weight excluding hydrogens is 354 g/mol. The zero-order valence-corrected chi connectivity index (χ0v) is 16.7. The van der Waals surface area contributed by atoms with Gasteiger partial charge in [-0.05, 0) is 54.7 Å². The molecule has 5 nitrogen and oxygen atoms in total. The van der Waals surface area contributed by atoms with Crippen LogP contribution in [0, 0.1) is 6.92 Å². The van der Waals surface area contributed by atoms with Crippen LogP contribution in [0.3, 0.4) is 0 Å². The van der Waals surface area contributed by atoms with Crippen molar-refractivity contribution in [1.82, 2.24) is 0 Å². The minimum absolute atomic E-state index is 0.130. The van der Waals surface area contributed by atoms with Gasteiger partial charge in [0.25, 0.3) is 0 Å². The molecule has 3 rings (SSSR count). The van der Waals surface area contributed by atoms with Crippen molar-refractivity contribution in [2.24, 2.45) is 0 Å². The summed E-state index contributed by atoms with van der Waals surface area (Å²) in [5.41, 5.74) is 3.38. The molecule has 0 radical (unpaired) electrons. The summed E-state index contributed by atoms with van der Waals surface area (Å²) in [5.74, 6) is 0.890. The van der Waals surface area contributed by atoms with Crippen molar-refractivity contribution in [3.05, 3.63) is 69.6 Å². The molecule has 0 fully saturated rings. The highest BCUT2D eigenvalue weighted by atomic mass is 16.5. The SMILES string of the molecule is COc1ccc2c(C)c(CCC(=O)Nc3cccc(C(C)C)c3)c(=O)oc2c1. The number of rotatable bonds is 6. The number of hydrogen-bond acceptors (Lipinski definition) is 4. The first-order valence-electron chi connectivity index (χ1n) is 9.39. The van der Waals surface area contributed by atoms with Crippen LogP contribution >= 0.6 is 0 Å².